The molecule has 1 aliphatic heterocycles. The Kier molecular flexibility index (Phi) is 9.42. The second kappa shape index (κ2) is 13.7. The molecule has 0 spiro atoms. The van der Waals surface area contributed by atoms with Gasteiger partial charge in [0.25, 0.3) is 0 Å². The highest BCUT2D eigenvalue weighted by molar-refractivity contribution is 7.89. The van der Waals surface area contributed by atoms with Crippen LogP contribution in [0.1, 0.15) is 60.4 Å². The van der Waals surface area contributed by atoms with Gasteiger partial charge in [0.15, 0.2) is 0 Å². The van der Waals surface area contributed by atoms with Gasteiger partial charge in [-0.05, 0) is 73.2 Å². The van der Waals surface area contributed by atoms with Gasteiger partial charge in [0.2, 0.25) is 21.8 Å². The Morgan fingerprint density at radius 2 is 1.96 bits per heavy atom. The van der Waals surface area contributed by atoms with Crippen LogP contribution < -0.4 is 14.8 Å². The summed E-state index contributed by atoms with van der Waals surface area (Å²) in [6.45, 7) is 8.94. The Hall–Kier alpha value is -4.88. The van der Waals surface area contributed by atoms with E-state index in [1.807, 2.05) is 62.7 Å². The molecule has 1 amide bonds. The number of sulfonamides is 1. The number of rotatable bonds is 10. The van der Waals surface area contributed by atoms with Gasteiger partial charge < -0.3 is 14.8 Å². The first-order chi connectivity index (χ1) is 23.1. The molecule has 1 N–H and O–H groups in total. The number of pyridine rings is 2. The lowest BCUT2D eigenvalue weighted by molar-refractivity contribution is -0.116. The van der Waals surface area contributed by atoms with E-state index in [-0.39, 0.29) is 48.2 Å². The number of hydrogen-bond donors (Lipinski definition) is 1. The summed E-state index contributed by atoms with van der Waals surface area (Å²) >= 11 is 0. The van der Waals surface area contributed by atoms with Crippen molar-refractivity contribution in [1.82, 2.24) is 29.3 Å². The zero-order chi connectivity index (χ0) is 34.0. The van der Waals surface area contributed by atoms with E-state index in [0.717, 1.165) is 38.9 Å². The Labute approximate surface area is 280 Å². The minimum Gasteiger partial charge on any atom is -0.495 e. The molecule has 2 atom stereocenters. The average molecular weight is 670 g/mol. The molecule has 48 heavy (non-hydrogen) atoms. The summed E-state index contributed by atoms with van der Waals surface area (Å²) in [5.74, 6) is 0.0680. The number of nitrogens with one attached hydrogen (secondary N) is 1. The SMILES string of the molecule is CC[C@@H]1CN(Cc2cc([C@H](CC(=O)Nc3cncc(OC)c3)c3ccc4c(nnn4CC)c3C)ccc2C)S(=O)(=O)c2cccnc2O1. The lowest BCUT2D eigenvalue weighted by Crippen LogP contribution is -2.36. The predicted octanol–water partition coefficient (Wildman–Crippen LogP) is 5.39. The topological polar surface area (TPSA) is 141 Å². The van der Waals surface area contributed by atoms with Crippen LogP contribution >= 0.6 is 0 Å². The van der Waals surface area contributed by atoms with Crippen LogP contribution in [0.2, 0.25) is 0 Å². The van der Waals surface area contributed by atoms with Crippen molar-refractivity contribution >= 4 is 32.7 Å². The fourth-order valence-corrected chi connectivity index (χ4v) is 7.67. The first kappa shape index (κ1) is 33.0. The van der Waals surface area contributed by atoms with Gasteiger partial charge in [-0.3, -0.25) is 9.78 Å². The maximum absolute atomic E-state index is 13.9. The quantitative estimate of drug-likeness (QED) is 0.207. The molecule has 3 aromatic heterocycles. The molecule has 2 aromatic carbocycles. The minimum absolute atomic E-state index is 0.0559. The Balaban J connectivity index is 1.39. The second-order valence-corrected chi connectivity index (χ2v) is 13.8. The van der Waals surface area contributed by atoms with Gasteiger partial charge in [-0.1, -0.05) is 36.4 Å². The number of ether oxygens (including phenoxy) is 2. The fourth-order valence-electron chi connectivity index (χ4n) is 6.15. The molecule has 250 valence electrons. The molecule has 0 fully saturated rings. The number of hydrogen-bond acceptors (Lipinski definition) is 9. The zero-order valence-corrected chi connectivity index (χ0v) is 28.5. The number of amides is 1. The van der Waals surface area contributed by atoms with Gasteiger partial charge in [0, 0.05) is 37.7 Å². The molecule has 0 saturated heterocycles. The third kappa shape index (κ3) is 6.47. The van der Waals surface area contributed by atoms with Crippen LogP contribution in [0.3, 0.4) is 0 Å². The average Bonchev–Trinajstić information content (AvgIpc) is 3.48. The van der Waals surface area contributed by atoms with Crippen LogP contribution in [-0.2, 0) is 27.9 Å². The maximum Gasteiger partial charge on any atom is 0.248 e. The number of aryl methyl sites for hydroxylation is 3. The summed E-state index contributed by atoms with van der Waals surface area (Å²) in [7, 11) is -2.36. The molecule has 6 rings (SSSR count). The highest BCUT2D eigenvalue weighted by atomic mass is 32.2. The molecular weight excluding hydrogens is 630 g/mol. The first-order valence-corrected chi connectivity index (χ1v) is 17.4. The van der Waals surface area contributed by atoms with Gasteiger partial charge in [-0.25, -0.2) is 18.1 Å². The van der Waals surface area contributed by atoms with E-state index < -0.39 is 10.0 Å². The first-order valence-electron chi connectivity index (χ1n) is 16.0. The Bertz CT molecular complexity index is 2080. The fraction of sp³-hybridized carbons (Fsp3) is 0.343. The van der Waals surface area contributed by atoms with Gasteiger partial charge in [0.1, 0.15) is 22.3 Å². The summed E-state index contributed by atoms with van der Waals surface area (Å²) < 4.78 is 42.5. The van der Waals surface area contributed by atoms with Crippen LogP contribution in [-0.4, -0.2) is 63.4 Å². The highest BCUT2D eigenvalue weighted by Gasteiger charge is 2.35. The van der Waals surface area contributed by atoms with Crippen molar-refractivity contribution in [2.24, 2.45) is 0 Å². The number of carbonyl (C=O) groups excluding carboxylic acids is 1. The zero-order valence-electron chi connectivity index (χ0n) is 27.7. The Morgan fingerprint density at radius 3 is 2.73 bits per heavy atom. The van der Waals surface area contributed by atoms with Crippen molar-refractivity contribution < 1.29 is 22.7 Å². The minimum atomic E-state index is -3.91. The van der Waals surface area contributed by atoms with Crippen LogP contribution in [0.4, 0.5) is 5.69 Å². The van der Waals surface area contributed by atoms with Crippen molar-refractivity contribution in [2.45, 2.75) is 70.5 Å². The van der Waals surface area contributed by atoms with E-state index >= 15 is 0 Å². The van der Waals surface area contributed by atoms with Crippen molar-refractivity contribution in [1.29, 1.82) is 0 Å². The molecule has 5 aromatic rings. The van der Waals surface area contributed by atoms with Gasteiger partial charge in [-0.2, -0.15) is 4.31 Å². The number of carbonyl (C=O) groups is 1. The van der Waals surface area contributed by atoms with Crippen LogP contribution in [0.15, 0.2) is 72.0 Å². The summed E-state index contributed by atoms with van der Waals surface area (Å²) in [5.41, 5.74) is 6.71. The maximum atomic E-state index is 13.9. The number of nitrogens with zero attached hydrogens (tertiary/aromatic N) is 6. The number of aromatic nitrogens is 5. The molecule has 0 aliphatic carbocycles. The van der Waals surface area contributed by atoms with E-state index in [0.29, 0.717) is 24.4 Å². The summed E-state index contributed by atoms with van der Waals surface area (Å²) in [4.78, 5) is 22.1. The Morgan fingerprint density at radius 1 is 1.12 bits per heavy atom. The summed E-state index contributed by atoms with van der Waals surface area (Å²) in [6, 6.07) is 14.9. The molecule has 12 nitrogen and oxygen atoms in total. The molecule has 1 aliphatic rings. The second-order valence-electron chi connectivity index (χ2n) is 11.9. The number of fused-ring (bicyclic) bond motifs is 2. The molecule has 0 saturated carbocycles. The molecule has 0 radical (unpaired) electrons. The third-order valence-electron chi connectivity index (χ3n) is 8.90. The lowest BCUT2D eigenvalue weighted by Gasteiger charge is -2.25. The van der Waals surface area contributed by atoms with E-state index in [1.165, 1.54) is 16.6 Å². The summed E-state index contributed by atoms with van der Waals surface area (Å²) in [6.07, 6.45) is 5.05. The van der Waals surface area contributed by atoms with Crippen LogP contribution in [0, 0.1) is 13.8 Å². The smallest absolute Gasteiger partial charge is 0.248 e. The third-order valence-corrected chi connectivity index (χ3v) is 10.7. The number of anilines is 1. The van der Waals surface area contributed by atoms with Crippen molar-refractivity contribution in [2.75, 3.05) is 19.0 Å². The van der Waals surface area contributed by atoms with Crippen molar-refractivity contribution in [3.63, 3.8) is 0 Å². The number of methoxy groups -OCH3 is 1. The monoisotopic (exact) mass is 669 g/mol. The van der Waals surface area contributed by atoms with Gasteiger partial charge >= 0.3 is 0 Å². The van der Waals surface area contributed by atoms with Crippen LogP contribution in [0.5, 0.6) is 11.6 Å². The van der Waals surface area contributed by atoms with E-state index in [9.17, 15) is 13.2 Å². The molecule has 0 unspecified atom stereocenters. The van der Waals surface area contributed by atoms with E-state index in [4.69, 9.17) is 9.47 Å². The summed E-state index contributed by atoms with van der Waals surface area (Å²) in [5, 5.41) is 11.7. The van der Waals surface area contributed by atoms with Gasteiger partial charge in [-0.15, -0.1) is 5.10 Å². The standard InChI is InChI=1S/C35H39N7O5S/c1-6-27-21-41(48(44,45)32-9-8-14-37-35(32)47-27)20-25-15-24(11-10-22(25)3)30(17-33(43)38-26-16-28(46-5)19-36-18-26)29-12-13-31-34(23(29)4)39-40-42(31)7-2/h8-16,18-19,27,30H,6-7,17,20-21H2,1-5H3,(H,38,43)/t27-,30+/m1/s1. The highest BCUT2D eigenvalue weighted by Crippen LogP contribution is 2.36. The predicted molar refractivity (Wildman–Crippen MR) is 182 cm³/mol. The van der Waals surface area contributed by atoms with Crippen molar-refractivity contribution in [3.8, 4) is 11.6 Å². The normalized spacial score (nSPS) is 16.5. The lowest BCUT2D eigenvalue weighted by atomic mass is 9.84. The molecular formula is C35H39N7O5S. The van der Waals surface area contributed by atoms with E-state index in [1.54, 1.807) is 31.6 Å². The molecule has 4 heterocycles. The largest absolute Gasteiger partial charge is 0.495 e. The van der Waals surface area contributed by atoms with Crippen molar-refractivity contribution in [3.05, 3.63) is 94.9 Å². The van der Waals surface area contributed by atoms with E-state index in [2.05, 4.69) is 25.6 Å². The molecule has 0 bridgehead atoms. The van der Waals surface area contributed by atoms with Crippen LogP contribution in [0.25, 0.3) is 11.0 Å². The number of benzene rings is 2. The molecule has 13 heteroatoms. The van der Waals surface area contributed by atoms with Gasteiger partial charge in [0.05, 0.1) is 37.3 Å².